The third-order valence-electron chi connectivity index (χ3n) is 4.19. The zero-order chi connectivity index (χ0) is 13.7. The molecule has 5 heteroatoms. The highest BCUT2D eigenvalue weighted by molar-refractivity contribution is 5.28. The van der Waals surface area contributed by atoms with Gasteiger partial charge in [0.25, 0.3) is 0 Å². The summed E-state index contributed by atoms with van der Waals surface area (Å²) in [6, 6.07) is 0.125. The van der Waals surface area contributed by atoms with E-state index in [0.717, 1.165) is 30.3 Å². The fraction of sp³-hybridized carbons (Fsp3) is 0.786. The molecule has 0 radical (unpaired) electrons. The molecule has 1 aliphatic carbocycles. The molecule has 0 aliphatic heterocycles. The Hall–Kier alpha value is -1.07. The number of aromatic nitrogens is 2. The lowest BCUT2D eigenvalue weighted by Gasteiger charge is -2.27. The smallest absolute Gasteiger partial charge is 0.161 e. The molecule has 1 aromatic rings. The first-order chi connectivity index (χ1) is 9.30. The molecule has 2 rings (SSSR count). The van der Waals surface area contributed by atoms with Crippen LogP contribution in [0.1, 0.15) is 57.2 Å². The average Bonchev–Trinajstić information content (AvgIpc) is 2.88. The topological polar surface area (TPSA) is 65.1 Å². The Labute approximate surface area is 115 Å². The number of hydrazine groups is 1. The van der Waals surface area contributed by atoms with Gasteiger partial charge in [0.2, 0.25) is 0 Å². The Balaban J connectivity index is 2.13. The van der Waals surface area contributed by atoms with Gasteiger partial charge in [0, 0.05) is 6.54 Å². The molecule has 1 atom stereocenters. The van der Waals surface area contributed by atoms with E-state index in [0.29, 0.717) is 0 Å². The van der Waals surface area contributed by atoms with E-state index in [-0.39, 0.29) is 6.04 Å². The standard InChI is InChI=1S/C14H26N4O/c1-3-18-14(13(19-2)10-16-18)12(17-15)9-11-7-5-4-6-8-11/h10-12,17H,3-9,15H2,1-2H3. The van der Waals surface area contributed by atoms with Crippen molar-refractivity contribution in [3.63, 3.8) is 0 Å². The molecular formula is C14H26N4O. The van der Waals surface area contributed by atoms with Crippen LogP contribution in [-0.2, 0) is 6.54 Å². The molecule has 19 heavy (non-hydrogen) atoms. The van der Waals surface area contributed by atoms with Crippen molar-refractivity contribution in [3.8, 4) is 5.75 Å². The summed E-state index contributed by atoms with van der Waals surface area (Å²) in [5.41, 5.74) is 4.04. The van der Waals surface area contributed by atoms with Gasteiger partial charge in [-0.15, -0.1) is 0 Å². The lowest BCUT2D eigenvalue weighted by Crippen LogP contribution is -2.32. The minimum absolute atomic E-state index is 0.125. The predicted octanol–water partition coefficient (Wildman–Crippen LogP) is 2.39. The molecule has 5 nitrogen and oxygen atoms in total. The Morgan fingerprint density at radius 3 is 2.79 bits per heavy atom. The molecule has 1 aliphatic rings. The van der Waals surface area contributed by atoms with Gasteiger partial charge in [0.05, 0.1) is 25.0 Å². The summed E-state index contributed by atoms with van der Waals surface area (Å²) in [7, 11) is 1.69. The molecule has 108 valence electrons. The second-order valence-electron chi connectivity index (χ2n) is 5.37. The van der Waals surface area contributed by atoms with E-state index in [1.165, 1.54) is 32.1 Å². The van der Waals surface area contributed by atoms with Gasteiger partial charge in [-0.05, 0) is 19.3 Å². The van der Waals surface area contributed by atoms with Crippen molar-refractivity contribution in [2.24, 2.45) is 11.8 Å². The number of nitrogens with two attached hydrogens (primary N) is 1. The molecular weight excluding hydrogens is 240 g/mol. The zero-order valence-corrected chi connectivity index (χ0v) is 12.1. The summed E-state index contributed by atoms with van der Waals surface area (Å²) >= 11 is 0. The van der Waals surface area contributed by atoms with Crippen molar-refractivity contribution in [3.05, 3.63) is 11.9 Å². The maximum atomic E-state index is 5.78. The van der Waals surface area contributed by atoms with Crippen LogP contribution >= 0.6 is 0 Å². The first-order valence-corrected chi connectivity index (χ1v) is 7.36. The summed E-state index contributed by atoms with van der Waals surface area (Å²) < 4.78 is 7.40. The monoisotopic (exact) mass is 266 g/mol. The molecule has 1 aromatic heterocycles. The SMILES string of the molecule is CCn1ncc(OC)c1C(CC1CCCCC1)NN. The lowest BCUT2D eigenvalue weighted by molar-refractivity contribution is 0.289. The Morgan fingerprint density at radius 1 is 1.47 bits per heavy atom. The third kappa shape index (κ3) is 3.28. The number of aryl methyl sites for hydroxylation is 1. The van der Waals surface area contributed by atoms with Crippen molar-refractivity contribution in [1.82, 2.24) is 15.2 Å². The minimum Gasteiger partial charge on any atom is -0.493 e. The molecule has 1 saturated carbocycles. The summed E-state index contributed by atoms with van der Waals surface area (Å²) in [6.45, 7) is 2.92. The second-order valence-corrected chi connectivity index (χ2v) is 5.37. The molecule has 0 spiro atoms. The normalized spacial score (nSPS) is 18.5. The quantitative estimate of drug-likeness (QED) is 0.613. The molecule has 0 amide bonds. The summed E-state index contributed by atoms with van der Waals surface area (Å²) in [5, 5.41) is 4.36. The number of nitrogens with one attached hydrogen (secondary N) is 1. The first kappa shape index (κ1) is 14.3. The Kier molecular flexibility index (Phi) is 5.22. The number of rotatable bonds is 6. The van der Waals surface area contributed by atoms with E-state index in [4.69, 9.17) is 10.6 Å². The van der Waals surface area contributed by atoms with Crippen LogP contribution < -0.4 is 16.0 Å². The number of ether oxygens (including phenoxy) is 1. The summed E-state index contributed by atoms with van der Waals surface area (Å²) in [4.78, 5) is 0. The van der Waals surface area contributed by atoms with Crippen LogP contribution in [0.2, 0.25) is 0 Å². The molecule has 3 N–H and O–H groups in total. The zero-order valence-electron chi connectivity index (χ0n) is 12.1. The van der Waals surface area contributed by atoms with Gasteiger partial charge in [-0.3, -0.25) is 16.0 Å². The van der Waals surface area contributed by atoms with E-state index in [1.807, 2.05) is 4.68 Å². The van der Waals surface area contributed by atoms with E-state index in [2.05, 4.69) is 17.4 Å². The van der Waals surface area contributed by atoms with Crippen LogP contribution in [0.15, 0.2) is 6.20 Å². The minimum atomic E-state index is 0.125. The van der Waals surface area contributed by atoms with Crippen molar-refractivity contribution in [2.45, 2.75) is 58.0 Å². The van der Waals surface area contributed by atoms with Crippen LogP contribution in [-0.4, -0.2) is 16.9 Å². The summed E-state index contributed by atoms with van der Waals surface area (Å²) in [5.74, 6) is 7.38. The van der Waals surface area contributed by atoms with Crippen LogP contribution in [0, 0.1) is 5.92 Å². The van der Waals surface area contributed by atoms with Crippen molar-refractivity contribution in [2.75, 3.05) is 7.11 Å². The van der Waals surface area contributed by atoms with Gasteiger partial charge < -0.3 is 4.74 Å². The van der Waals surface area contributed by atoms with Gasteiger partial charge in [-0.2, -0.15) is 5.10 Å². The van der Waals surface area contributed by atoms with Gasteiger partial charge in [0.15, 0.2) is 5.75 Å². The highest BCUT2D eigenvalue weighted by Crippen LogP contribution is 2.34. The Morgan fingerprint density at radius 2 is 2.21 bits per heavy atom. The first-order valence-electron chi connectivity index (χ1n) is 7.36. The highest BCUT2D eigenvalue weighted by Gasteiger charge is 2.25. The number of hydrogen-bond donors (Lipinski definition) is 2. The highest BCUT2D eigenvalue weighted by atomic mass is 16.5. The van der Waals surface area contributed by atoms with E-state index in [1.54, 1.807) is 13.3 Å². The fourth-order valence-electron chi connectivity index (χ4n) is 3.15. The van der Waals surface area contributed by atoms with Gasteiger partial charge in [-0.25, -0.2) is 0 Å². The molecule has 1 heterocycles. The second kappa shape index (κ2) is 6.91. The molecule has 1 unspecified atom stereocenters. The van der Waals surface area contributed by atoms with Crippen LogP contribution in [0.4, 0.5) is 0 Å². The van der Waals surface area contributed by atoms with Crippen molar-refractivity contribution >= 4 is 0 Å². The lowest BCUT2D eigenvalue weighted by atomic mass is 9.84. The van der Waals surface area contributed by atoms with Gasteiger partial charge in [0.1, 0.15) is 0 Å². The third-order valence-corrected chi connectivity index (χ3v) is 4.19. The predicted molar refractivity (Wildman–Crippen MR) is 75.7 cm³/mol. The molecule has 1 fully saturated rings. The van der Waals surface area contributed by atoms with Crippen LogP contribution in [0.25, 0.3) is 0 Å². The maximum Gasteiger partial charge on any atom is 0.161 e. The molecule has 0 bridgehead atoms. The molecule has 0 saturated heterocycles. The van der Waals surface area contributed by atoms with Crippen LogP contribution in [0.3, 0.4) is 0 Å². The van der Waals surface area contributed by atoms with E-state index >= 15 is 0 Å². The van der Waals surface area contributed by atoms with Crippen LogP contribution in [0.5, 0.6) is 5.75 Å². The van der Waals surface area contributed by atoms with Crippen molar-refractivity contribution < 1.29 is 4.74 Å². The van der Waals surface area contributed by atoms with E-state index in [9.17, 15) is 0 Å². The number of methoxy groups -OCH3 is 1. The molecule has 0 aromatic carbocycles. The largest absolute Gasteiger partial charge is 0.493 e. The van der Waals surface area contributed by atoms with E-state index < -0.39 is 0 Å². The van der Waals surface area contributed by atoms with Crippen molar-refractivity contribution in [1.29, 1.82) is 0 Å². The number of nitrogens with zero attached hydrogens (tertiary/aromatic N) is 2. The van der Waals surface area contributed by atoms with Gasteiger partial charge >= 0.3 is 0 Å². The summed E-state index contributed by atoms with van der Waals surface area (Å²) in [6.07, 6.45) is 9.58. The van der Waals surface area contributed by atoms with Gasteiger partial charge in [-0.1, -0.05) is 32.1 Å². The Bertz CT molecular complexity index is 363. The maximum absolute atomic E-state index is 5.78. The number of hydrogen-bond acceptors (Lipinski definition) is 4. The average molecular weight is 266 g/mol. The fourth-order valence-corrected chi connectivity index (χ4v) is 3.15.